The fraction of sp³-hybridized carbons (Fsp3) is 0.294. The van der Waals surface area contributed by atoms with Crippen LogP contribution in [0.3, 0.4) is 0 Å². The van der Waals surface area contributed by atoms with Crippen LogP contribution in [-0.2, 0) is 4.79 Å². The number of rotatable bonds is 4. The van der Waals surface area contributed by atoms with E-state index in [9.17, 15) is 4.79 Å². The lowest BCUT2D eigenvalue weighted by Crippen LogP contribution is -2.20. The third kappa shape index (κ3) is 3.26. The maximum absolute atomic E-state index is 11.0. The highest BCUT2D eigenvalue weighted by Gasteiger charge is 2.11. The van der Waals surface area contributed by atoms with Gasteiger partial charge in [-0.2, -0.15) is 5.10 Å². The molecule has 1 aromatic carbocycles. The Morgan fingerprint density at radius 3 is 2.64 bits per heavy atom. The molecule has 0 atom stereocenters. The second-order valence-electron chi connectivity index (χ2n) is 5.40. The van der Waals surface area contributed by atoms with Crippen LogP contribution in [-0.4, -0.2) is 28.4 Å². The number of hydrogen-bond acceptors (Lipinski definition) is 3. The summed E-state index contributed by atoms with van der Waals surface area (Å²) in [7, 11) is 0. The van der Waals surface area contributed by atoms with Crippen molar-refractivity contribution in [3.63, 3.8) is 0 Å². The number of amides is 1. The van der Waals surface area contributed by atoms with Gasteiger partial charge in [-0.25, -0.2) is 5.43 Å². The second-order valence-corrected chi connectivity index (χ2v) is 5.40. The molecule has 2 aromatic rings. The van der Waals surface area contributed by atoms with Crippen LogP contribution in [0.5, 0.6) is 0 Å². The van der Waals surface area contributed by atoms with Crippen LogP contribution in [0.1, 0.15) is 28.1 Å². The van der Waals surface area contributed by atoms with Gasteiger partial charge in [0.25, 0.3) is 5.91 Å². The van der Waals surface area contributed by atoms with E-state index >= 15 is 0 Å². The van der Waals surface area contributed by atoms with Crippen molar-refractivity contribution in [2.24, 2.45) is 5.10 Å². The highest BCUT2D eigenvalue weighted by atomic mass is 16.3. The molecule has 1 heterocycles. The van der Waals surface area contributed by atoms with E-state index in [0.717, 1.165) is 22.6 Å². The standard InChI is InChI=1S/C17H21N3O2/c1-11-5-6-16(12(2)7-11)20-13(3)8-15(14(20)4)9-18-19-17(22)10-21/h5-9,21H,10H2,1-4H3,(H,19,22)/b18-9-. The number of nitrogens with one attached hydrogen (secondary N) is 1. The van der Waals surface area contributed by atoms with E-state index in [2.05, 4.69) is 47.1 Å². The number of benzene rings is 1. The largest absolute Gasteiger partial charge is 0.386 e. The molecule has 0 aliphatic carbocycles. The van der Waals surface area contributed by atoms with Gasteiger partial charge in [0.05, 0.1) is 6.21 Å². The minimum atomic E-state index is -0.571. The first-order valence-electron chi connectivity index (χ1n) is 7.13. The number of hydrogen-bond donors (Lipinski definition) is 2. The summed E-state index contributed by atoms with van der Waals surface area (Å²) in [6.07, 6.45) is 1.59. The van der Waals surface area contributed by atoms with Crippen molar-refractivity contribution in [2.45, 2.75) is 27.7 Å². The van der Waals surface area contributed by atoms with Crippen LogP contribution >= 0.6 is 0 Å². The summed E-state index contributed by atoms with van der Waals surface area (Å²) in [5.41, 5.74) is 8.92. The van der Waals surface area contributed by atoms with Crippen molar-refractivity contribution in [3.8, 4) is 5.69 Å². The molecule has 5 heteroatoms. The summed E-state index contributed by atoms with van der Waals surface area (Å²) < 4.78 is 2.17. The summed E-state index contributed by atoms with van der Waals surface area (Å²) in [5.74, 6) is -0.528. The van der Waals surface area contributed by atoms with Gasteiger partial charge in [0.15, 0.2) is 0 Å². The van der Waals surface area contributed by atoms with Gasteiger partial charge in [-0.05, 0) is 45.4 Å². The second kappa shape index (κ2) is 6.58. The molecule has 0 radical (unpaired) electrons. The zero-order valence-electron chi connectivity index (χ0n) is 13.3. The van der Waals surface area contributed by atoms with Gasteiger partial charge in [0, 0.05) is 22.6 Å². The van der Waals surface area contributed by atoms with E-state index < -0.39 is 12.5 Å². The Morgan fingerprint density at radius 2 is 2.00 bits per heavy atom. The van der Waals surface area contributed by atoms with Gasteiger partial charge in [-0.1, -0.05) is 17.7 Å². The number of aryl methyl sites for hydroxylation is 3. The average molecular weight is 299 g/mol. The Kier molecular flexibility index (Phi) is 4.78. The van der Waals surface area contributed by atoms with Crippen molar-refractivity contribution < 1.29 is 9.90 Å². The summed E-state index contributed by atoms with van der Waals surface area (Å²) in [4.78, 5) is 11.0. The lowest BCUT2D eigenvalue weighted by Gasteiger charge is -2.13. The molecule has 0 fully saturated rings. The molecule has 0 spiro atoms. The number of aliphatic hydroxyl groups is 1. The van der Waals surface area contributed by atoms with Gasteiger partial charge in [-0.3, -0.25) is 4.79 Å². The molecule has 1 amide bonds. The Labute approximate surface area is 130 Å². The summed E-state index contributed by atoms with van der Waals surface area (Å²) in [6.45, 7) is 7.65. The third-order valence-electron chi connectivity index (χ3n) is 3.60. The van der Waals surface area contributed by atoms with Gasteiger partial charge >= 0.3 is 0 Å². The summed E-state index contributed by atoms with van der Waals surface area (Å²) >= 11 is 0. The molecule has 22 heavy (non-hydrogen) atoms. The average Bonchev–Trinajstić information content (AvgIpc) is 2.74. The Balaban J connectivity index is 2.37. The monoisotopic (exact) mass is 299 g/mol. The van der Waals surface area contributed by atoms with Gasteiger partial charge in [0.2, 0.25) is 0 Å². The minimum Gasteiger partial charge on any atom is -0.386 e. The fourth-order valence-corrected chi connectivity index (χ4v) is 2.55. The third-order valence-corrected chi connectivity index (χ3v) is 3.60. The summed E-state index contributed by atoms with van der Waals surface area (Å²) in [5, 5.41) is 12.5. The number of carbonyl (C=O) groups is 1. The van der Waals surface area contributed by atoms with Gasteiger partial charge < -0.3 is 9.67 Å². The molecule has 0 saturated heterocycles. The molecule has 5 nitrogen and oxygen atoms in total. The van der Waals surface area contributed by atoms with E-state index in [1.54, 1.807) is 6.21 Å². The van der Waals surface area contributed by atoms with Crippen molar-refractivity contribution in [1.82, 2.24) is 9.99 Å². The Morgan fingerprint density at radius 1 is 1.27 bits per heavy atom. The molecule has 0 bridgehead atoms. The Bertz CT molecular complexity index is 730. The van der Waals surface area contributed by atoms with Crippen molar-refractivity contribution >= 4 is 12.1 Å². The van der Waals surface area contributed by atoms with Gasteiger partial charge in [-0.15, -0.1) is 0 Å². The number of carbonyl (C=O) groups excluding carboxylic acids is 1. The fourth-order valence-electron chi connectivity index (χ4n) is 2.55. The van der Waals surface area contributed by atoms with Crippen LogP contribution < -0.4 is 5.43 Å². The maximum Gasteiger partial charge on any atom is 0.265 e. The van der Waals surface area contributed by atoms with E-state index in [4.69, 9.17) is 5.11 Å². The number of hydrazone groups is 1. The Hall–Kier alpha value is -2.40. The number of aliphatic hydroxyl groups excluding tert-OH is 1. The zero-order valence-corrected chi connectivity index (χ0v) is 13.3. The minimum absolute atomic E-state index is 0.528. The summed E-state index contributed by atoms with van der Waals surface area (Å²) in [6, 6.07) is 8.38. The van der Waals surface area contributed by atoms with Crippen LogP contribution in [0.4, 0.5) is 0 Å². The first-order valence-corrected chi connectivity index (χ1v) is 7.13. The number of nitrogens with zero attached hydrogens (tertiary/aromatic N) is 2. The van der Waals surface area contributed by atoms with E-state index in [1.165, 1.54) is 11.1 Å². The van der Waals surface area contributed by atoms with E-state index in [-0.39, 0.29) is 0 Å². The smallest absolute Gasteiger partial charge is 0.265 e. The van der Waals surface area contributed by atoms with E-state index in [0.29, 0.717) is 0 Å². The van der Waals surface area contributed by atoms with Crippen LogP contribution in [0, 0.1) is 27.7 Å². The molecule has 116 valence electrons. The lowest BCUT2D eigenvalue weighted by atomic mass is 10.1. The first-order chi connectivity index (χ1) is 10.4. The van der Waals surface area contributed by atoms with Gasteiger partial charge in [0.1, 0.15) is 6.61 Å². The van der Waals surface area contributed by atoms with Crippen molar-refractivity contribution in [3.05, 3.63) is 52.3 Å². The molecule has 0 aliphatic rings. The topological polar surface area (TPSA) is 66.6 Å². The predicted octanol–water partition coefficient (Wildman–Crippen LogP) is 2.15. The highest BCUT2D eigenvalue weighted by molar-refractivity contribution is 5.84. The molecular weight excluding hydrogens is 278 g/mol. The molecule has 0 unspecified atom stereocenters. The lowest BCUT2D eigenvalue weighted by molar-refractivity contribution is -0.123. The first kappa shape index (κ1) is 16.0. The highest BCUT2D eigenvalue weighted by Crippen LogP contribution is 2.23. The quantitative estimate of drug-likeness (QED) is 0.671. The van der Waals surface area contributed by atoms with Crippen LogP contribution in [0.25, 0.3) is 5.69 Å². The molecular formula is C17H21N3O2. The molecule has 2 N–H and O–H groups in total. The molecule has 2 rings (SSSR count). The van der Waals surface area contributed by atoms with Crippen molar-refractivity contribution in [2.75, 3.05) is 6.61 Å². The molecule has 0 saturated carbocycles. The zero-order chi connectivity index (χ0) is 16.3. The number of aromatic nitrogens is 1. The maximum atomic E-state index is 11.0. The molecule has 1 aromatic heterocycles. The van der Waals surface area contributed by atoms with Crippen LogP contribution in [0.2, 0.25) is 0 Å². The SMILES string of the molecule is Cc1ccc(-n2c(C)cc(/C=N\NC(=O)CO)c2C)c(C)c1. The normalized spacial score (nSPS) is 11.1. The van der Waals surface area contributed by atoms with E-state index in [1.807, 2.05) is 19.9 Å². The molecule has 0 aliphatic heterocycles. The van der Waals surface area contributed by atoms with Crippen LogP contribution in [0.15, 0.2) is 29.4 Å². The van der Waals surface area contributed by atoms with Crippen molar-refractivity contribution in [1.29, 1.82) is 0 Å². The predicted molar refractivity (Wildman–Crippen MR) is 87.5 cm³/mol.